The van der Waals surface area contributed by atoms with Crippen molar-refractivity contribution >= 4 is 0 Å². The molecule has 0 amide bonds. The van der Waals surface area contributed by atoms with E-state index in [2.05, 4.69) is 6.92 Å². The van der Waals surface area contributed by atoms with Gasteiger partial charge >= 0.3 is 0 Å². The van der Waals surface area contributed by atoms with Crippen molar-refractivity contribution in [2.24, 2.45) is 5.92 Å². The van der Waals surface area contributed by atoms with Crippen LogP contribution < -0.4 is 0 Å². The van der Waals surface area contributed by atoms with Gasteiger partial charge in [-0.05, 0) is 25.2 Å². The van der Waals surface area contributed by atoms with Gasteiger partial charge in [-0.3, -0.25) is 0 Å². The Kier molecular flexibility index (Phi) is 2.69. The summed E-state index contributed by atoms with van der Waals surface area (Å²) in [6.45, 7) is 2.16. The molecule has 60 valence electrons. The number of hydrogen-bond acceptors (Lipinski definition) is 2. The number of ether oxygens (including phenoxy) is 1. The Hall–Kier alpha value is -0.0800. The second kappa shape index (κ2) is 3.35. The van der Waals surface area contributed by atoms with Crippen molar-refractivity contribution in [3.05, 3.63) is 0 Å². The Balaban J connectivity index is 2.35. The third kappa shape index (κ3) is 1.96. The number of aliphatic hydroxyl groups excluding tert-OH is 1. The normalized spacial score (nSPS) is 41.7. The molecule has 1 aliphatic carbocycles. The second-order valence-corrected chi connectivity index (χ2v) is 3.32. The van der Waals surface area contributed by atoms with Gasteiger partial charge in [0.05, 0.1) is 12.2 Å². The lowest BCUT2D eigenvalue weighted by molar-refractivity contribution is -0.00723. The average molecular weight is 144 g/mol. The van der Waals surface area contributed by atoms with E-state index in [0.717, 1.165) is 19.3 Å². The maximum Gasteiger partial charge on any atom is 0.0598 e. The van der Waals surface area contributed by atoms with E-state index in [4.69, 9.17) is 4.74 Å². The summed E-state index contributed by atoms with van der Waals surface area (Å²) in [5.41, 5.74) is 0. The molecule has 0 spiro atoms. The molecule has 0 aromatic heterocycles. The summed E-state index contributed by atoms with van der Waals surface area (Å²) < 4.78 is 5.17. The van der Waals surface area contributed by atoms with Crippen molar-refractivity contribution < 1.29 is 9.84 Å². The molecule has 0 aromatic carbocycles. The Bertz CT molecular complexity index is 93.4. The molecule has 2 nitrogen and oxygen atoms in total. The molecule has 1 saturated carbocycles. The Morgan fingerprint density at radius 3 is 2.50 bits per heavy atom. The minimum Gasteiger partial charge on any atom is -0.393 e. The maximum absolute atomic E-state index is 9.30. The minimum absolute atomic E-state index is 0.131. The van der Waals surface area contributed by atoms with E-state index < -0.39 is 0 Å². The first-order valence-corrected chi connectivity index (χ1v) is 3.93. The standard InChI is InChI=1S/C8H16O2/c1-6-3-7(9)5-8(4-6)10-2/h6-9H,3-5H2,1-2H3. The van der Waals surface area contributed by atoms with E-state index in [1.165, 1.54) is 0 Å². The van der Waals surface area contributed by atoms with E-state index in [1.54, 1.807) is 7.11 Å². The molecule has 0 heterocycles. The van der Waals surface area contributed by atoms with Crippen molar-refractivity contribution in [2.75, 3.05) is 7.11 Å². The Morgan fingerprint density at radius 1 is 1.30 bits per heavy atom. The molecule has 0 aliphatic heterocycles. The zero-order chi connectivity index (χ0) is 7.56. The van der Waals surface area contributed by atoms with Crippen molar-refractivity contribution in [3.63, 3.8) is 0 Å². The molecule has 0 radical (unpaired) electrons. The zero-order valence-electron chi connectivity index (χ0n) is 6.71. The molecule has 10 heavy (non-hydrogen) atoms. The quantitative estimate of drug-likeness (QED) is 0.599. The molecule has 1 fully saturated rings. The predicted molar refractivity (Wildman–Crippen MR) is 39.8 cm³/mol. The second-order valence-electron chi connectivity index (χ2n) is 3.32. The summed E-state index contributed by atoms with van der Waals surface area (Å²) in [5.74, 6) is 0.619. The van der Waals surface area contributed by atoms with Gasteiger partial charge in [-0.1, -0.05) is 6.92 Å². The SMILES string of the molecule is COC1CC(C)CC(O)C1. The highest BCUT2D eigenvalue weighted by Crippen LogP contribution is 2.25. The van der Waals surface area contributed by atoms with Gasteiger partial charge in [0.15, 0.2) is 0 Å². The summed E-state index contributed by atoms with van der Waals surface area (Å²) in [5, 5.41) is 9.30. The monoisotopic (exact) mass is 144 g/mol. The van der Waals surface area contributed by atoms with E-state index in [0.29, 0.717) is 12.0 Å². The molecule has 1 N–H and O–H groups in total. The van der Waals surface area contributed by atoms with Gasteiger partial charge in [0, 0.05) is 7.11 Å². The summed E-state index contributed by atoms with van der Waals surface area (Å²) >= 11 is 0. The molecular weight excluding hydrogens is 128 g/mol. The highest BCUT2D eigenvalue weighted by atomic mass is 16.5. The molecule has 0 bridgehead atoms. The lowest BCUT2D eigenvalue weighted by Gasteiger charge is -2.29. The molecule has 2 heteroatoms. The molecule has 0 saturated heterocycles. The largest absolute Gasteiger partial charge is 0.393 e. The third-order valence-electron chi connectivity index (χ3n) is 2.21. The van der Waals surface area contributed by atoms with E-state index in [9.17, 15) is 5.11 Å². The van der Waals surface area contributed by atoms with Crippen LogP contribution in [-0.4, -0.2) is 24.4 Å². The molecule has 3 unspecified atom stereocenters. The number of hydrogen-bond donors (Lipinski definition) is 1. The van der Waals surface area contributed by atoms with Gasteiger partial charge in [0.25, 0.3) is 0 Å². The fourth-order valence-electron chi connectivity index (χ4n) is 1.70. The van der Waals surface area contributed by atoms with E-state index >= 15 is 0 Å². The smallest absolute Gasteiger partial charge is 0.0598 e. The van der Waals surface area contributed by atoms with Gasteiger partial charge in [-0.2, -0.15) is 0 Å². The maximum atomic E-state index is 9.30. The van der Waals surface area contributed by atoms with Crippen LogP contribution in [0.1, 0.15) is 26.2 Å². The van der Waals surface area contributed by atoms with Crippen LogP contribution >= 0.6 is 0 Å². The van der Waals surface area contributed by atoms with Crippen LogP contribution in [0.2, 0.25) is 0 Å². The zero-order valence-corrected chi connectivity index (χ0v) is 6.71. The van der Waals surface area contributed by atoms with Gasteiger partial charge in [-0.25, -0.2) is 0 Å². The lowest BCUT2D eigenvalue weighted by Crippen LogP contribution is -2.29. The minimum atomic E-state index is -0.131. The predicted octanol–water partition coefficient (Wildman–Crippen LogP) is 1.18. The van der Waals surface area contributed by atoms with Gasteiger partial charge < -0.3 is 9.84 Å². The first kappa shape index (κ1) is 8.02. The Morgan fingerprint density at radius 2 is 2.00 bits per heavy atom. The summed E-state index contributed by atoms with van der Waals surface area (Å²) in [6.07, 6.45) is 3.03. The first-order chi connectivity index (χ1) is 4.72. The van der Waals surface area contributed by atoms with Crippen molar-refractivity contribution in [1.29, 1.82) is 0 Å². The molecule has 1 rings (SSSR count). The van der Waals surface area contributed by atoms with Crippen molar-refractivity contribution in [1.82, 2.24) is 0 Å². The van der Waals surface area contributed by atoms with Crippen molar-refractivity contribution in [2.45, 2.75) is 38.4 Å². The Labute approximate surface area is 62.2 Å². The lowest BCUT2D eigenvalue weighted by atomic mass is 9.87. The van der Waals surface area contributed by atoms with Crippen LogP contribution in [0.25, 0.3) is 0 Å². The topological polar surface area (TPSA) is 29.5 Å². The summed E-state index contributed by atoms with van der Waals surface area (Å²) in [4.78, 5) is 0. The molecular formula is C8H16O2. The third-order valence-corrected chi connectivity index (χ3v) is 2.21. The van der Waals surface area contributed by atoms with Crippen molar-refractivity contribution in [3.8, 4) is 0 Å². The van der Waals surface area contributed by atoms with Crippen LogP contribution in [0.5, 0.6) is 0 Å². The molecule has 3 atom stereocenters. The van der Waals surface area contributed by atoms with Crippen LogP contribution in [0.15, 0.2) is 0 Å². The molecule has 1 aliphatic rings. The summed E-state index contributed by atoms with van der Waals surface area (Å²) in [6, 6.07) is 0. The van der Waals surface area contributed by atoms with Gasteiger partial charge in [-0.15, -0.1) is 0 Å². The fraction of sp³-hybridized carbons (Fsp3) is 1.00. The van der Waals surface area contributed by atoms with E-state index in [1.807, 2.05) is 0 Å². The van der Waals surface area contributed by atoms with Gasteiger partial charge in [0.2, 0.25) is 0 Å². The fourth-order valence-corrected chi connectivity index (χ4v) is 1.70. The first-order valence-electron chi connectivity index (χ1n) is 3.93. The number of aliphatic hydroxyl groups is 1. The molecule has 0 aromatic rings. The highest BCUT2D eigenvalue weighted by molar-refractivity contribution is 4.76. The van der Waals surface area contributed by atoms with Crippen LogP contribution in [0.3, 0.4) is 0 Å². The number of rotatable bonds is 1. The van der Waals surface area contributed by atoms with Gasteiger partial charge in [0.1, 0.15) is 0 Å². The number of methoxy groups -OCH3 is 1. The summed E-state index contributed by atoms with van der Waals surface area (Å²) in [7, 11) is 1.72. The van der Waals surface area contributed by atoms with Crippen LogP contribution in [-0.2, 0) is 4.74 Å². The van der Waals surface area contributed by atoms with Crippen LogP contribution in [0.4, 0.5) is 0 Å². The highest BCUT2D eigenvalue weighted by Gasteiger charge is 2.24. The van der Waals surface area contributed by atoms with Crippen LogP contribution in [0, 0.1) is 5.92 Å². The average Bonchev–Trinajstić information content (AvgIpc) is 1.85. The van der Waals surface area contributed by atoms with E-state index in [-0.39, 0.29) is 6.10 Å².